The maximum Gasteiger partial charge on any atom is 0.0944 e. The van der Waals surface area contributed by atoms with E-state index in [1.807, 2.05) is 36.4 Å². The van der Waals surface area contributed by atoms with Gasteiger partial charge in [-0.15, -0.1) is 0 Å². The van der Waals surface area contributed by atoms with Gasteiger partial charge < -0.3 is 5.73 Å². The molecule has 1 aliphatic heterocycles. The molecule has 0 bridgehead atoms. The minimum Gasteiger partial charge on any atom is -0.397 e. The SMILES string of the molecule is Nc1cccc2c1N(N)c1ccccc1S2. The van der Waals surface area contributed by atoms with Crippen molar-refractivity contribution in [3.8, 4) is 0 Å². The molecule has 0 radical (unpaired) electrons. The van der Waals surface area contributed by atoms with Crippen molar-refractivity contribution in [3.05, 3.63) is 42.5 Å². The molecule has 16 heavy (non-hydrogen) atoms. The highest BCUT2D eigenvalue weighted by atomic mass is 32.2. The predicted molar refractivity (Wildman–Crippen MR) is 67.7 cm³/mol. The number of fused-ring (bicyclic) bond motifs is 2. The number of hydrogen-bond donors (Lipinski definition) is 2. The molecule has 3 rings (SSSR count). The monoisotopic (exact) mass is 229 g/mol. The zero-order valence-electron chi connectivity index (χ0n) is 8.55. The van der Waals surface area contributed by atoms with E-state index < -0.39 is 0 Å². The van der Waals surface area contributed by atoms with E-state index >= 15 is 0 Å². The van der Waals surface area contributed by atoms with Crippen molar-refractivity contribution in [1.82, 2.24) is 0 Å². The van der Waals surface area contributed by atoms with Crippen LogP contribution in [0.4, 0.5) is 17.1 Å². The molecular weight excluding hydrogens is 218 g/mol. The van der Waals surface area contributed by atoms with Gasteiger partial charge in [-0.25, -0.2) is 5.84 Å². The van der Waals surface area contributed by atoms with Crippen LogP contribution in [0.3, 0.4) is 0 Å². The summed E-state index contributed by atoms with van der Waals surface area (Å²) in [5.41, 5.74) is 8.56. The molecule has 0 unspecified atom stereocenters. The Bertz CT molecular complexity index is 554. The third-order valence-electron chi connectivity index (χ3n) is 2.62. The van der Waals surface area contributed by atoms with Crippen LogP contribution in [0.25, 0.3) is 0 Å². The molecule has 0 atom stereocenters. The second-order valence-electron chi connectivity index (χ2n) is 3.63. The molecule has 0 aliphatic carbocycles. The Balaban J connectivity index is 2.23. The van der Waals surface area contributed by atoms with Gasteiger partial charge in [-0.05, 0) is 24.3 Å². The number of hydrogen-bond acceptors (Lipinski definition) is 4. The van der Waals surface area contributed by atoms with Crippen molar-refractivity contribution in [2.45, 2.75) is 9.79 Å². The molecular formula is C12H11N3S. The molecule has 0 spiro atoms. The van der Waals surface area contributed by atoms with Crippen molar-refractivity contribution in [2.75, 3.05) is 10.7 Å². The van der Waals surface area contributed by atoms with Crippen molar-refractivity contribution in [3.63, 3.8) is 0 Å². The van der Waals surface area contributed by atoms with Crippen LogP contribution in [0.5, 0.6) is 0 Å². The largest absolute Gasteiger partial charge is 0.397 e. The maximum absolute atomic E-state index is 6.10. The van der Waals surface area contributed by atoms with Crippen LogP contribution < -0.4 is 16.6 Å². The Morgan fingerprint density at radius 3 is 2.56 bits per heavy atom. The van der Waals surface area contributed by atoms with Gasteiger partial charge in [0.1, 0.15) is 0 Å². The third kappa shape index (κ3) is 1.27. The second kappa shape index (κ2) is 3.43. The van der Waals surface area contributed by atoms with Gasteiger partial charge in [0.15, 0.2) is 0 Å². The van der Waals surface area contributed by atoms with Crippen LogP contribution in [0, 0.1) is 0 Å². The van der Waals surface area contributed by atoms with E-state index in [4.69, 9.17) is 11.6 Å². The number of nitrogen functional groups attached to an aromatic ring is 1. The highest BCUT2D eigenvalue weighted by Crippen LogP contribution is 2.48. The lowest BCUT2D eigenvalue weighted by Crippen LogP contribution is -2.28. The van der Waals surface area contributed by atoms with E-state index in [1.54, 1.807) is 16.8 Å². The third-order valence-corrected chi connectivity index (χ3v) is 3.73. The van der Waals surface area contributed by atoms with Gasteiger partial charge in [0.2, 0.25) is 0 Å². The Morgan fingerprint density at radius 2 is 1.69 bits per heavy atom. The highest BCUT2D eigenvalue weighted by Gasteiger charge is 2.22. The van der Waals surface area contributed by atoms with Crippen molar-refractivity contribution in [2.24, 2.45) is 5.84 Å². The zero-order valence-corrected chi connectivity index (χ0v) is 9.37. The molecule has 0 fully saturated rings. The summed E-state index contributed by atoms with van der Waals surface area (Å²) in [4.78, 5) is 2.25. The number of benzene rings is 2. The first-order valence-corrected chi connectivity index (χ1v) is 5.79. The van der Waals surface area contributed by atoms with E-state index in [0.29, 0.717) is 5.69 Å². The van der Waals surface area contributed by atoms with Crippen LogP contribution in [0.2, 0.25) is 0 Å². The molecule has 4 N–H and O–H groups in total. The average molecular weight is 229 g/mol. The summed E-state index contributed by atoms with van der Waals surface area (Å²) in [6, 6.07) is 13.9. The summed E-state index contributed by atoms with van der Waals surface area (Å²) in [5, 5.41) is 1.66. The topological polar surface area (TPSA) is 55.3 Å². The standard InChI is InChI=1S/C12H11N3S/c13-8-4-3-7-11-12(8)15(14)9-5-1-2-6-10(9)16-11/h1-7H,13-14H2. The van der Waals surface area contributed by atoms with Crippen molar-refractivity contribution >= 4 is 28.8 Å². The molecule has 3 nitrogen and oxygen atoms in total. The van der Waals surface area contributed by atoms with E-state index in [0.717, 1.165) is 21.2 Å². The van der Waals surface area contributed by atoms with E-state index in [-0.39, 0.29) is 0 Å². The summed E-state index contributed by atoms with van der Waals surface area (Å²) in [7, 11) is 0. The lowest BCUT2D eigenvalue weighted by molar-refractivity contribution is 1.03. The van der Waals surface area contributed by atoms with Gasteiger partial charge in [0.25, 0.3) is 0 Å². The first-order chi connectivity index (χ1) is 7.77. The van der Waals surface area contributed by atoms with Crippen LogP contribution >= 0.6 is 11.8 Å². The van der Waals surface area contributed by atoms with Gasteiger partial charge in [-0.2, -0.15) is 0 Å². The number of hydrazine groups is 1. The number of rotatable bonds is 0. The molecule has 4 heteroatoms. The van der Waals surface area contributed by atoms with Crippen molar-refractivity contribution < 1.29 is 0 Å². The minimum absolute atomic E-state index is 0.710. The van der Waals surface area contributed by atoms with Crippen LogP contribution in [-0.4, -0.2) is 0 Å². The quantitative estimate of drug-likeness (QED) is 0.538. The molecule has 80 valence electrons. The Labute approximate surface area is 98.0 Å². The minimum atomic E-state index is 0.710. The van der Waals surface area contributed by atoms with E-state index in [1.165, 1.54) is 0 Å². The molecule has 1 heterocycles. The Kier molecular flexibility index (Phi) is 2.05. The van der Waals surface area contributed by atoms with Gasteiger partial charge >= 0.3 is 0 Å². The van der Waals surface area contributed by atoms with Gasteiger partial charge in [-0.1, -0.05) is 30.0 Å². The fraction of sp³-hybridized carbons (Fsp3) is 0. The lowest BCUT2D eigenvalue weighted by Gasteiger charge is -2.29. The van der Waals surface area contributed by atoms with Crippen LogP contribution in [0.1, 0.15) is 0 Å². The number of nitrogens with two attached hydrogens (primary N) is 2. The smallest absolute Gasteiger partial charge is 0.0944 e. The van der Waals surface area contributed by atoms with Crippen LogP contribution in [0.15, 0.2) is 52.3 Å². The van der Waals surface area contributed by atoms with E-state index in [2.05, 4.69) is 6.07 Å². The summed E-state index contributed by atoms with van der Waals surface area (Å²) >= 11 is 1.70. The normalized spacial score (nSPS) is 13.2. The summed E-state index contributed by atoms with van der Waals surface area (Å²) < 4.78 is 0. The molecule has 2 aromatic carbocycles. The second-order valence-corrected chi connectivity index (χ2v) is 4.72. The summed E-state index contributed by atoms with van der Waals surface area (Å²) in [6.45, 7) is 0. The Hall–Kier alpha value is -1.65. The Morgan fingerprint density at radius 1 is 0.938 bits per heavy atom. The lowest BCUT2D eigenvalue weighted by atomic mass is 10.2. The van der Waals surface area contributed by atoms with Gasteiger partial charge in [0, 0.05) is 9.79 Å². The fourth-order valence-corrected chi connectivity index (χ4v) is 2.97. The van der Waals surface area contributed by atoms with Crippen LogP contribution in [-0.2, 0) is 0 Å². The summed E-state index contributed by atoms with van der Waals surface area (Å²) in [6.07, 6.45) is 0. The van der Waals surface area contributed by atoms with Crippen molar-refractivity contribution in [1.29, 1.82) is 0 Å². The number of nitrogens with zero attached hydrogens (tertiary/aromatic N) is 1. The molecule has 0 saturated heterocycles. The molecule has 1 aliphatic rings. The molecule has 2 aromatic rings. The first-order valence-electron chi connectivity index (χ1n) is 4.97. The molecule has 0 saturated carbocycles. The zero-order chi connectivity index (χ0) is 11.1. The van der Waals surface area contributed by atoms with Gasteiger partial charge in [0.05, 0.1) is 17.1 Å². The first kappa shape index (κ1) is 9.57. The number of para-hydroxylation sites is 2. The van der Waals surface area contributed by atoms with E-state index in [9.17, 15) is 0 Å². The highest BCUT2D eigenvalue weighted by molar-refractivity contribution is 7.99. The summed E-state index contributed by atoms with van der Waals surface area (Å²) in [5.74, 6) is 6.10. The predicted octanol–water partition coefficient (Wildman–Crippen LogP) is 2.75. The number of anilines is 3. The average Bonchev–Trinajstić information content (AvgIpc) is 2.29. The maximum atomic E-state index is 6.10. The van der Waals surface area contributed by atoms with Gasteiger partial charge in [-0.3, -0.25) is 5.01 Å². The fourth-order valence-electron chi connectivity index (χ4n) is 1.86. The molecule has 0 amide bonds. The molecule has 0 aromatic heterocycles.